The van der Waals surface area contributed by atoms with E-state index >= 15 is 0 Å². The minimum absolute atomic E-state index is 0.00768. The SMILES string of the molecule is CC1=NCC(C)([C@H](CC(=O)NC[C@H](Cc2ccc(C(N)=O)c(F)c2Cl)N(C)C)C2(C(F)(F)F)CC2)C=C1. The number of allylic oxidation sites excluding steroid dienone is 1. The van der Waals surface area contributed by atoms with Gasteiger partial charge in [0.1, 0.15) is 0 Å². The van der Waals surface area contributed by atoms with Gasteiger partial charge in [-0.1, -0.05) is 30.7 Å². The summed E-state index contributed by atoms with van der Waals surface area (Å²) in [6, 6.07) is 2.41. The number of nitrogens with zero attached hydrogens (tertiary/aromatic N) is 2. The van der Waals surface area contributed by atoms with Crippen LogP contribution in [0.25, 0.3) is 0 Å². The Morgan fingerprint density at radius 2 is 1.92 bits per heavy atom. The van der Waals surface area contributed by atoms with Crippen molar-refractivity contribution < 1.29 is 27.2 Å². The van der Waals surface area contributed by atoms with E-state index in [4.69, 9.17) is 17.3 Å². The van der Waals surface area contributed by atoms with Gasteiger partial charge in [-0.3, -0.25) is 14.6 Å². The lowest BCUT2D eigenvalue weighted by Crippen LogP contribution is -2.47. The Kier molecular flexibility index (Phi) is 8.44. The molecule has 1 aromatic carbocycles. The molecule has 2 amide bonds. The van der Waals surface area contributed by atoms with Crippen LogP contribution in [-0.2, 0) is 11.2 Å². The Labute approximate surface area is 219 Å². The zero-order valence-corrected chi connectivity index (χ0v) is 22.1. The summed E-state index contributed by atoms with van der Waals surface area (Å²) in [5, 5.41) is 2.54. The van der Waals surface area contributed by atoms with Crippen molar-refractivity contribution in [3.8, 4) is 0 Å². The molecule has 1 aliphatic heterocycles. The number of rotatable bonds is 10. The topological polar surface area (TPSA) is 87.8 Å². The normalized spacial score (nSPS) is 22.4. The highest BCUT2D eigenvalue weighted by Crippen LogP contribution is 2.67. The van der Waals surface area contributed by atoms with E-state index in [2.05, 4.69) is 10.3 Å². The number of carbonyl (C=O) groups excluding carboxylic acids is 2. The van der Waals surface area contributed by atoms with Gasteiger partial charge in [-0.25, -0.2) is 4.39 Å². The summed E-state index contributed by atoms with van der Waals surface area (Å²) in [5.41, 5.74) is 3.18. The largest absolute Gasteiger partial charge is 0.394 e. The van der Waals surface area contributed by atoms with Crippen molar-refractivity contribution in [1.29, 1.82) is 0 Å². The number of aliphatic imine (C=N–C) groups is 1. The van der Waals surface area contributed by atoms with Gasteiger partial charge in [0.15, 0.2) is 5.82 Å². The Morgan fingerprint density at radius 1 is 1.27 bits per heavy atom. The first-order chi connectivity index (χ1) is 17.1. The number of nitrogens with two attached hydrogens (primary N) is 1. The Hall–Kier alpha value is -2.46. The molecule has 1 aromatic rings. The molecule has 0 bridgehead atoms. The quantitative estimate of drug-likeness (QED) is 0.424. The lowest BCUT2D eigenvalue weighted by Gasteiger charge is -2.41. The summed E-state index contributed by atoms with van der Waals surface area (Å²) in [6.07, 6.45) is -1.03. The molecule has 1 saturated carbocycles. The molecule has 1 heterocycles. The van der Waals surface area contributed by atoms with E-state index in [1.54, 1.807) is 45.0 Å². The minimum Gasteiger partial charge on any atom is -0.366 e. The molecule has 37 heavy (non-hydrogen) atoms. The van der Waals surface area contributed by atoms with Gasteiger partial charge in [0, 0.05) is 36.7 Å². The molecule has 1 fully saturated rings. The summed E-state index contributed by atoms with van der Waals surface area (Å²) in [6.45, 7) is 3.82. The van der Waals surface area contributed by atoms with Crippen LogP contribution in [0.5, 0.6) is 0 Å². The predicted octanol–water partition coefficient (Wildman–Crippen LogP) is 4.55. The zero-order valence-electron chi connectivity index (χ0n) is 21.4. The van der Waals surface area contributed by atoms with Crippen molar-refractivity contribution in [2.45, 2.75) is 51.7 Å². The van der Waals surface area contributed by atoms with Crippen LogP contribution >= 0.6 is 11.6 Å². The van der Waals surface area contributed by atoms with Gasteiger partial charge < -0.3 is 16.0 Å². The molecule has 204 valence electrons. The molecule has 3 rings (SSSR count). The van der Waals surface area contributed by atoms with Crippen molar-refractivity contribution in [2.75, 3.05) is 27.2 Å². The number of amides is 2. The Bertz CT molecular complexity index is 1110. The lowest BCUT2D eigenvalue weighted by molar-refractivity contribution is -0.212. The number of primary amides is 1. The smallest absolute Gasteiger partial charge is 0.366 e. The van der Waals surface area contributed by atoms with Crippen LogP contribution in [0.1, 0.15) is 49.0 Å². The van der Waals surface area contributed by atoms with Gasteiger partial charge in [-0.15, -0.1) is 0 Å². The average molecular weight is 545 g/mol. The molecular weight excluding hydrogens is 512 g/mol. The van der Waals surface area contributed by atoms with E-state index in [-0.39, 0.29) is 55.4 Å². The van der Waals surface area contributed by atoms with Crippen LogP contribution in [-0.4, -0.2) is 61.8 Å². The maximum atomic E-state index is 14.5. The van der Waals surface area contributed by atoms with E-state index in [1.807, 2.05) is 0 Å². The first-order valence-corrected chi connectivity index (χ1v) is 12.5. The molecule has 0 aromatic heterocycles. The molecule has 0 spiro atoms. The molecular formula is C26H33ClF4N4O2. The van der Waals surface area contributed by atoms with Gasteiger partial charge in [0.2, 0.25) is 5.91 Å². The molecule has 1 unspecified atom stereocenters. The highest BCUT2D eigenvalue weighted by Gasteiger charge is 2.69. The van der Waals surface area contributed by atoms with E-state index in [9.17, 15) is 27.2 Å². The van der Waals surface area contributed by atoms with Gasteiger partial charge in [0.05, 0.1) is 16.0 Å². The second kappa shape index (κ2) is 10.7. The number of halogens is 5. The average Bonchev–Trinajstić information content (AvgIpc) is 3.61. The fourth-order valence-corrected chi connectivity index (χ4v) is 5.32. The van der Waals surface area contributed by atoms with E-state index < -0.39 is 40.6 Å². The molecule has 3 atom stereocenters. The molecule has 11 heteroatoms. The predicted molar refractivity (Wildman–Crippen MR) is 135 cm³/mol. The van der Waals surface area contributed by atoms with Crippen molar-refractivity contribution >= 4 is 29.1 Å². The van der Waals surface area contributed by atoms with Crippen molar-refractivity contribution in [3.63, 3.8) is 0 Å². The first kappa shape index (κ1) is 29.1. The summed E-state index contributed by atoms with van der Waals surface area (Å²) in [4.78, 5) is 30.6. The van der Waals surface area contributed by atoms with Crippen molar-refractivity contribution in [1.82, 2.24) is 10.2 Å². The summed E-state index contributed by atoms with van der Waals surface area (Å²) in [7, 11) is 3.53. The third-order valence-corrected chi connectivity index (χ3v) is 8.14. The van der Waals surface area contributed by atoms with Crippen LogP contribution < -0.4 is 11.1 Å². The number of dihydropyridines is 1. The van der Waals surface area contributed by atoms with Crippen molar-refractivity contribution in [3.05, 3.63) is 46.3 Å². The van der Waals surface area contributed by atoms with Gasteiger partial charge in [0.25, 0.3) is 5.91 Å². The number of carbonyl (C=O) groups is 2. The van der Waals surface area contributed by atoms with E-state index in [0.29, 0.717) is 5.56 Å². The number of nitrogens with one attached hydrogen (secondary N) is 1. The fourth-order valence-electron chi connectivity index (χ4n) is 5.08. The second-order valence-electron chi connectivity index (χ2n) is 10.6. The molecule has 0 radical (unpaired) electrons. The maximum absolute atomic E-state index is 14.5. The van der Waals surface area contributed by atoms with Gasteiger partial charge >= 0.3 is 6.18 Å². The number of hydrogen-bond donors (Lipinski definition) is 2. The van der Waals surface area contributed by atoms with Crippen LogP contribution in [0.3, 0.4) is 0 Å². The van der Waals surface area contributed by atoms with E-state index in [0.717, 1.165) is 5.71 Å². The number of benzene rings is 1. The number of hydrogen-bond acceptors (Lipinski definition) is 4. The zero-order chi connectivity index (χ0) is 27.8. The molecule has 0 saturated heterocycles. The molecule has 1 aliphatic carbocycles. The number of likely N-dealkylation sites (N-methyl/N-ethyl adjacent to an activating group) is 1. The molecule has 6 nitrogen and oxygen atoms in total. The fraction of sp³-hybridized carbons (Fsp3) is 0.577. The Balaban J connectivity index is 1.74. The number of alkyl halides is 3. The standard InChI is InChI=1S/C26H33ClF4N4O2/c1-15-7-8-24(2,14-34-15)19(25(9-10-25)26(29,30)31)12-20(36)33-13-17(35(3)4)11-16-5-6-18(23(32)37)22(28)21(16)27/h5-8,17,19H,9-14H2,1-4H3,(H2,32,37)(H,33,36)/t17-,19-,24?/m0/s1. The Morgan fingerprint density at radius 3 is 2.41 bits per heavy atom. The summed E-state index contributed by atoms with van der Waals surface area (Å²) in [5.74, 6) is -3.30. The van der Waals surface area contributed by atoms with Gasteiger partial charge in [-0.05, 0) is 63.9 Å². The lowest BCUT2D eigenvalue weighted by atomic mass is 9.65. The molecule has 3 N–H and O–H groups in total. The highest BCUT2D eigenvalue weighted by atomic mass is 35.5. The third kappa shape index (κ3) is 6.17. The van der Waals surface area contributed by atoms with E-state index in [1.165, 1.54) is 12.1 Å². The summed E-state index contributed by atoms with van der Waals surface area (Å²) >= 11 is 6.12. The monoisotopic (exact) mass is 544 g/mol. The second-order valence-corrected chi connectivity index (χ2v) is 11.0. The van der Waals surface area contributed by atoms with Crippen LogP contribution in [0.4, 0.5) is 17.6 Å². The minimum atomic E-state index is -4.42. The molecule has 2 aliphatic rings. The highest BCUT2D eigenvalue weighted by molar-refractivity contribution is 6.32. The van der Waals surface area contributed by atoms with Crippen LogP contribution in [0.2, 0.25) is 5.02 Å². The van der Waals surface area contributed by atoms with Crippen molar-refractivity contribution in [2.24, 2.45) is 27.5 Å². The summed E-state index contributed by atoms with van der Waals surface area (Å²) < 4.78 is 56.9. The van der Waals surface area contributed by atoms with Crippen LogP contribution in [0, 0.1) is 22.6 Å². The first-order valence-electron chi connectivity index (χ1n) is 12.1. The third-order valence-electron chi connectivity index (χ3n) is 7.73. The maximum Gasteiger partial charge on any atom is 0.394 e. The van der Waals surface area contributed by atoms with Gasteiger partial charge in [-0.2, -0.15) is 13.2 Å². The van der Waals surface area contributed by atoms with Crippen LogP contribution in [0.15, 0.2) is 29.3 Å².